The number of halogens is 1. The number of hydrogen-bond acceptors (Lipinski definition) is 9. The fourth-order valence-electron chi connectivity index (χ4n) is 2.51. The topological polar surface area (TPSA) is 112 Å². The Balaban J connectivity index is 1.41. The number of nitrogens with one attached hydrogen (secondary N) is 1. The summed E-state index contributed by atoms with van der Waals surface area (Å²) in [6, 6.07) is 11.7. The maximum absolute atomic E-state index is 12.1. The fourth-order valence-corrected chi connectivity index (χ4v) is 4.31. The molecular weight excluding hydrogens is 520 g/mol. The number of methoxy groups -OCH3 is 1. The maximum Gasteiger partial charge on any atom is 0.337 e. The van der Waals surface area contributed by atoms with E-state index in [1.165, 1.54) is 18.4 Å². The highest BCUT2D eigenvalue weighted by molar-refractivity contribution is 9.10. The van der Waals surface area contributed by atoms with E-state index < -0.39 is 11.9 Å². The van der Waals surface area contributed by atoms with E-state index in [0.29, 0.717) is 21.8 Å². The highest BCUT2D eigenvalue weighted by Crippen LogP contribution is 2.27. The van der Waals surface area contributed by atoms with E-state index in [0.717, 1.165) is 20.9 Å². The summed E-state index contributed by atoms with van der Waals surface area (Å²) in [7, 11) is 1.30. The monoisotopic (exact) mass is 536 g/mol. The molecule has 1 N–H and O–H groups in total. The van der Waals surface area contributed by atoms with Gasteiger partial charge in [-0.3, -0.25) is 14.4 Å². The fraction of sp³-hybridized carbons (Fsp3) is 0.190. The van der Waals surface area contributed by atoms with Crippen LogP contribution >= 0.6 is 39.0 Å². The van der Waals surface area contributed by atoms with E-state index >= 15 is 0 Å². The number of carbonyl (C=O) groups excluding carboxylic acids is 4. The second kappa shape index (κ2) is 11.2. The first-order valence-electron chi connectivity index (χ1n) is 9.16. The Labute approximate surface area is 199 Å². The van der Waals surface area contributed by atoms with Crippen LogP contribution in [0.4, 0.5) is 5.13 Å². The predicted molar refractivity (Wildman–Crippen MR) is 126 cm³/mol. The van der Waals surface area contributed by atoms with Gasteiger partial charge in [-0.2, -0.15) is 0 Å². The minimum Gasteiger partial charge on any atom is -0.465 e. The van der Waals surface area contributed by atoms with Crippen LogP contribution in [-0.4, -0.2) is 53.8 Å². The number of thioether (sulfide) groups is 1. The molecular formula is C21H17BrN2O6S2. The molecule has 0 bridgehead atoms. The second-order valence-corrected chi connectivity index (χ2v) is 9.26. The summed E-state index contributed by atoms with van der Waals surface area (Å²) in [6.45, 7) is -0.355. The van der Waals surface area contributed by atoms with Crippen LogP contribution in [0.2, 0.25) is 0 Å². The number of anilines is 1. The third-order valence-electron chi connectivity index (χ3n) is 4.04. The number of nitrogens with zero attached hydrogens (tertiary/aromatic N) is 1. The Bertz CT molecular complexity index is 1160. The SMILES string of the molecule is COC(=O)c1ccc2nc(NC(=O)CSCC(=O)OCC(=O)c3ccc(Br)cc3)sc2c1. The van der Waals surface area contributed by atoms with Crippen LogP contribution in [0, 0.1) is 0 Å². The van der Waals surface area contributed by atoms with E-state index in [4.69, 9.17) is 9.47 Å². The molecule has 32 heavy (non-hydrogen) atoms. The average molecular weight is 537 g/mol. The van der Waals surface area contributed by atoms with Gasteiger partial charge in [-0.15, -0.1) is 11.8 Å². The summed E-state index contributed by atoms with van der Waals surface area (Å²) >= 11 is 5.58. The lowest BCUT2D eigenvalue weighted by molar-refractivity contribution is -0.139. The molecule has 11 heteroatoms. The van der Waals surface area contributed by atoms with Crippen molar-refractivity contribution in [2.45, 2.75) is 0 Å². The molecule has 166 valence electrons. The summed E-state index contributed by atoms with van der Waals surface area (Å²) in [5.41, 5.74) is 1.49. The van der Waals surface area contributed by atoms with Gasteiger partial charge in [-0.1, -0.05) is 39.4 Å². The molecule has 0 aliphatic carbocycles. The van der Waals surface area contributed by atoms with Crippen molar-refractivity contribution in [3.63, 3.8) is 0 Å². The zero-order valence-corrected chi connectivity index (χ0v) is 20.0. The summed E-state index contributed by atoms with van der Waals surface area (Å²) in [5.74, 6) is -1.72. The normalized spacial score (nSPS) is 10.6. The van der Waals surface area contributed by atoms with Crippen LogP contribution in [0.1, 0.15) is 20.7 Å². The lowest BCUT2D eigenvalue weighted by atomic mass is 10.1. The van der Waals surface area contributed by atoms with Crippen LogP contribution in [0.5, 0.6) is 0 Å². The number of amides is 1. The predicted octanol–water partition coefficient (Wildman–Crippen LogP) is 3.94. The van der Waals surface area contributed by atoms with Gasteiger partial charge >= 0.3 is 11.9 Å². The average Bonchev–Trinajstić information content (AvgIpc) is 3.18. The lowest BCUT2D eigenvalue weighted by Crippen LogP contribution is -2.18. The molecule has 3 aromatic rings. The van der Waals surface area contributed by atoms with Crippen LogP contribution in [0.3, 0.4) is 0 Å². The van der Waals surface area contributed by atoms with Crippen LogP contribution < -0.4 is 5.32 Å². The standard InChI is InChI=1S/C21H17BrN2O6S2/c1-29-20(28)13-4-7-15-17(8-13)32-21(23-15)24-18(26)10-31-11-19(27)30-9-16(25)12-2-5-14(22)6-3-12/h2-8H,9-11H2,1H3,(H,23,24,26). The zero-order chi connectivity index (χ0) is 23.1. The minimum atomic E-state index is -0.580. The largest absolute Gasteiger partial charge is 0.465 e. The number of Topliss-reactive ketones (excluding diaryl/α,β-unsaturated/α-hetero) is 1. The third kappa shape index (κ3) is 6.62. The molecule has 0 atom stereocenters. The molecule has 0 fully saturated rings. The molecule has 0 unspecified atom stereocenters. The molecule has 1 amide bonds. The summed E-state index contributed by atoms with van der Waals surface area (Å²) in [5, 5.41) is 3.05. The van der Waals surface area contributed by atoms with Crippen molar-refractivity contribution in [2.75, 3.05) is 30.5 Å². The second-order valence-electron chi connectivity index (χ2n) is 6.32. The molecule has 0 saturated carbocycles. The molecule has 1 aromatic heterocycles. The van der Waals surface area contributed by atoms with Gasteiger partial charge in [0.15, 0.2) is 17.5 Å². The molecule has 0 aliphatic heterocycles. The molecule has 1 heterocycles. The van der Waals surface area contributed by atoms with Crippen molar-refractivity contribution in [2.24, 2.45) is 0 Å². The van der Waals surface area contributed by atoms with Crippen molar-refractivity contribution < 1.29 is 28.7 Å². The number of aromatic nitrogens is 1. The van der Waals surface area contributed by atoms with Crippen molar-refractivity contribution in [3.8, 4) is 0 Å². The number of benzene rings is 2. The van der Waals surface area contributed by atoms with Crippen molar-refractivity contribution in [3.05, 3.63) is 58.1 Å². The Morgan fingerprint density at radius 2 is 1.78 bits per heavy atom. The van der Waals surface area contributed by atoms with Gasteiger partial charge in [0, 0.05) is 10.0 Å². The van der Waals surface area contributed by atoms with Gasteiger partial charge < -0.3 is 14.8 Å². The van der Waals surface area contributed by atoms with Crippen LogP contribution in [-0.2, 0) is 19.1 Å². The molecule has 0 aliphatic rings. The van der Waals surface area contributed by atoms with E-state index in [9.17, 15) is 19.2 Å². The summed E-state index contributed by atoms with van der Waals surface area (Å²) in [6.07, 6.45) is 0. The van der Waals surface area contributed by atoms with E-state index in [1.54, 1.807) is 42.5 Å². The van der Waals surface area contributed by atoms with Gasteiger partial charge in [0.25, 0.3) is 0 Å². The smallest absolute Gasteiger partial charge is 0.337 e. The van der Waals surface area contributed by atoms with Gasteiger partial charge in [-0.25, -0.2) is 9.78 Å². The molecule has 0 spiro atoms. The number of ketones is 1. The van der Waals surface area contributed by atoms with E-state index in [2.05, 4.69) is 26.2 Å². The summed E-state index contributed by atoms with van der Waals surface area (Å²) in [4.78, 5) is 51.9. The first-order chi connectivity index (χ1) is 15.4. The molecule has 2 aromatic carbocycles. The Morgan fingerprint density at radius 3 is 2.50 bits per heavy atom. The Morgan fingerprint density at radius 1 is 1.06 bits per heavy atom. The third-order valence-corrected chi connectivity index (χ3v) is 6.41. The number of thiazole rings is 1. The first-order valence-corrected chi connectivity index (χ1v) is 11.9. The Kier molecular flexibility index (Phi) is 8.37. The van der Waals surface area contributed by atoms with Gasteiger partial charge in [-0.05, 0) is 30.3 Å². The minimum absolute atomic E-state index is 0.0130. The van der Waals surface area contributed by atoms with Crippen molar-refractivity contribution in [1.82, 2.24) is 4.98 Å². The van der Waals surface area contributed by atoms with Gasteiger partial charge in [0.1, 0.15) is 0 Å². The van der Waals surface area contributed by atoms with E-state index in [1.807, 2.05) is 0 Å². The molecule has 3 rings (SSSR count). The van der Waals surface area contributed by atoms with Crippen molar-refractivity contribution >= 4 is 78.0 Å². The molecule has 0 radical (unpaired) electrons. The maximum atomic E-state index is 12.1. The number of carbonyl (C=O) groups is 4. The summed E-state index contributed by atoms with van der Waals surface area (Å²) < 4.78 is 11.2. The van der Waals surface area contributed by atoms with Gasteiger partial charge in [0.05, 0.1) is 34.4 Å². The van der Waals surface area contributed by atoms with E-state index in [-0.39, 0.29) is 29.8 Å². The highest BCUT2D eigenvalue weighted by atomic mass is 79.9. The first kappa shape index (κ1) is 23.9. The van der Waals surface area contributed by atoms with Gasteiger partial charge in [0.2, 0.25) is 5.91 Å². The molecule has 8 nitrogen and oxygen atoms in total. The number of esters is 2. The zero-order valence-electron chi connectivity index (χ0n) is 16.8. The number of hydrogen-bond donors (Lipinski definition) is 1. The van der Waals surface area contributed by atoms with Crippen LogP contribution in [0.15, 0.2) is 46.9 Å². The quantitative estimate of drug-likeness (QED) is 0.323. The van der Waals surface area contributed by atoms with Crippen molar-refractivity contribution in [1.29, 1.82) is 0 Å². The van der Waals surface area contributed by atoms with Crippen LogP contribution in [0.25, 0.3) is 10.2 Å². The number of rotatable bonds is 9. The molecule has 0 saturated heterocycles. The highest BCUT2D eigenvalue weighted by Gasteiger charge is 2.13. The number of fused-ring (bicyclic) bond motifs is 1. The number of ether oxygens (including phenoxy) is 2. The lowest BCUT2D eigenvalue weighted by Gasteiger charge is -2.05. The Hall–Kier alpha value is -2.76.